The van der Waals surface area contributed by atoms with Gasteiger partial charge >= 0.3 is 0 Å². The molecule has 69 heavy (non-hydrogen) atoms. The van der Waals surface area contributed by atoms with Gasteiger partial charge in [0.25, 0.3) is 0 Å². The summed E-state index contributed by atoms with van der Waals surface area (Å²) in [5.74, 6) is 0. The monoisotopic (exact) mass is 877 g/mol. The zero-order valence-corrected chi connectivity index (χ0v) is 38.6. The van der Waals surface area contributed by atoms with E-state index < -0.39 is 0 Å². The van der Waals surface area contributed by atoms with Crippen molar-refractivity contribution in [1.82, 2.24) is 0 Å². The zero-order valence-electron chi connectivity index (χ0n) is 38.6. The second-order valence-electron chi connectivity index (χ2n) is 19.6. The van der Waals surface area contributed by atoms with E-state index in [0.717, 1.165) is 17.1 Å². The molecule has 1 heteroatoms. The van der Waals surface area contributed by atoms with Crippen molar-refractivity contribution in [2.24, 2.45) is 0 Å². The van der Waals surface area contributed by atoms with Gasteiger partial charge in [0.15, 0.2) is 0 Å². The second kappa shape index (κ2) is 15.0. The van der Waals surface area contributed by atoms with Crippen LogP contribution in [-0.2, 0) is 10.8 Å². The van der Waals surface area contributed by atoms with Crippen LogP contribution in [-0.4, -0.2) is 0 Å². The summed E-state index contributed by atoms with van der Waals surface area (Å²) in [6.45, 7) is 4.80. The maximum Gasteiger partial charge on any atom is 0.0731 e. The second-order valence-corrected chi connectivity index (χ2v) is 19.6. The molecule has 11 aromatic rings. The van der Waals surface area contributed by atoms with Gasteiger partial charge in [-0.05, 0) is 159 Å². The third-order valence-corrected chi connectivity index (χ3v) is 15.7. The lowest BCUT2D eigenvalue weighted by Crippen LogP contribution is -2.26. The molecular formula is C68H47N. The predicted octanol–water partition coefficient (Wildman–Crippen LogP) is 18.0. The summed E-state index contributed by atoms with van der Waals surface area (Å²) in [5.41, 5.74) is 26.3. The maximum atomic E-state index is 2.47. The van der Waals surface area contributed by atoms with Crippen LogP contribution >= 0.6 is 0 Å². The first-order chi connectivity index (χ1) is 34.0. The van der Waals surface area contributed by atoms with Crippen LogP contribution in [0.15, 0.2) is 249 Å². The zero-order chi connectivity index (χ0) is 45.8. The molecule has 14 rings (SSSR count). The van der Waals surface area contributed by atoms with Crippen LogP contribution in [0.1, 0.15) is 47.2 Å². The third kappa shape index (κ3) is 5.77. The van der Waals surface area contributed by atoms with Crippen molar-refractivity contribution in [2.75, 3.05) is 4.90 Å². The van der Waals surface area contributed by atoms with Gasteiger partial charge in [0.1, 0.15) is 0 Å². The van der Waals surface area contributed by atoms with Crippen molar-refractivity contribution in [3.05, 3.63) is 282 Å². The van der Waals surface area contributed by atoms with Crippen LogP contribution in [0, 0.1) is 0 Å². The van der Waals surface area contributed by atoms with Crippen molar-refractivity contribution < 1.29 is 0 Å². The highest BCUT2D eigenvalue weighted by Gasteiger charge is 2.52. The fraction of sp³-hybridized carbons (Fsp3) is 0.0588. The highest BCUT2D eigenvalue weighted by molar-refractivity contribution is 6.05. The van der Waals surface area contributed by atoms with Crippen LogP contribution in [0.5, 0.6) is 0 Å². The topological polar surface area (TPSA) is 3.24 Å². The highest BCUT2D eigenvalue weighted by atomic mass is 15.1. The van der Waals surface area contributed by atoms with Crippen LogP contribution in [0.4, 0.5) is 17.1 Å². The molecule has 0 N–H and O–H groups in total. The van der Waals surface area contributed by atoms with Crippen LogP contribution in [0.2, 0.25) is 0 Å². The number of rotatable bonds is 6. The number of anilines is 3. The van der Waals surface area contributed by atoms with Gasteiger partial charge in [-0.2, -0.15) is 0 Å². The molecule has 1 nitrogen and oxygen atoms in total. The molecule has 0 heterocycles. The van der Waals surface area contributed by atoms with E-state index in [4.69, 9.17) is 0 Å². The molecule has 0 atom stereocenters. The molecule has 0 amide bonds. The molecule has 11 aromatic carbocycles. The molecule has 0 saturated heterocycles. The van der Waals surface area contributed by atoms with Crippen LogP contribution in [0.3, 0.4) is 0 Å². The molecule has 0 aromatic heterocycles. The Morgan fingerprint density at radius 3 is 1.23 bits per heavy atom. The lowest BCUT2D eigenvalue weighted by atomic mass is 9.69. The van der Waals surface area contributed by atoms with Crippen molar-refractivity contribution in [1.29, 1.82) is 0 Å². The Bertz CT molecular complexity index is 3690. The fourth-order valence-corrected chi connectivity index (χ4v) is 12.5. The van der Waals surface area contributed by atoms with E-state index in [2.05, 4.69) is 267 Å². The molecule has 0 aliphatic heterocycles. The lowest BCUT2D eigenvalue weighted by molar-refractivity contribution is 0.660. The van der Waals surface area contributed by atoms with E-state index >= 15 is 0 Å². The van der Waals surface area contributed by atoms with Gasteiger partial charge in [0, 0.05) is 22.5 Å². The lowest BCUT2D eigenvalue weighted by Gasteiger charge is -2.31. The first kappa shape index (κ1) is 39.6. The van der Waals surface area contributed by atoms with Crippen LogP contribution in [0.25, 0.3) is 77.5 Å². The number of hydrogen-bond donors (Lipinski definition) is 0. The fourth-order valence-electron chi connectivity index (χ4n) is 12.5. The first-order valence-electron chi connectivity index (χ1n) is 24.2. The summed E-state index contributed by atoms with van der Waals surface area (Å²) >= 11 is 0. The summed E-state index contributed by atoms with van der Waals surface area (Å²) in [6.07, 6.45) is 0. The Balaban J connectivity index is 0.852. The first-order valence-corrected chi connectivity index (χ1v) is 24.2. The Morgan fingerprint density at radius 2 is 0.667 bits per heavy atom. The summed E-state index contributed by atoms with van der Waals surface area (Å²) in [7, 11) is 0. The Hall–Kier alpha value is -8.52. The van der Waals surface area contributed by atoms with Gasteiger partial charge in [-0.25, -0.2) is 0 Å². The van der Waals surface area contributed by atoms with Gasteiger partial charge in [-0.1, -0.05) is 214 Å². The maximum absolute atomic E-state index is 2.47. The van der Waals surface area contributed by atoms with Gasteiger partial charge in [0.2, 0.25) is 0 Å². The van der Waals surface area contributed by atoms with Crippen molar-refractivity contribution in [3.63, 3.8) is 0 Å². The normalized spacial score (nSPS) is 13.9. The van der Waals surface area contributed by atoms with Gasteiger partial charge < -0.3 is 4.90 Å². The Labute approximate surface area is 404 Å². The molecule has 3 aliphatic rings. The Kier molecular flexibility index (Phi) is 8.61. The molecule has 0 bridgehead atoms. The van der Waals surface area contributed by atoms with E-state index in [-0.39, 0.29) is 10.8 Å². The van der Waals surface area contributed by atoms with E-state index in [1.54, 1.807) is 0 Å². The molecular weight excluding hydrogens is 831 g/mol. The average Bonchev–Trinajstić information content (AvgIpc) is 3.97. The minimum atomic E-state index is -0.380. The van der Waals surface area contributed by atoms with Gasteiger partial charge in [0.05, 0.1) is 5.41 Å². The molecule has 0 unspecified atom stereocenters. The molecule has 3 aliphatic carbocycles. The van der Waals surface area contributed by atoms with E-state index in [1.807, 2.05) is 0 Å². The molecule has 1 spiro atoms. The minimum absolute atomic E-state index is 0.226. The quantitative estimate of drug-likeness (QED) is 0.161. The average molecular weight is 878 g/mol. The molecule has 0 saturated carbocycles. The molecule has 0 fully saturated rings. The van der Waals surface area contributed by atoms with Gasteiger partial charge in [-0.15, -0.1) is 0 Å². The van der Waals surface area contributed by atoms with E-state index in [1.165, 1.54) is 111 Å². The summed E-state index contributed by atoms with van der Waals surface area (Å²) in [6, 6.07) is 92.8. The SMILES string of the molecule is CC1(C)c2cc(-c3ccc4c5c(ccc4c3)-c3ccccc3C53c4ccccc4-c4ccccc43)ccc2-c2ccc(N(c3ccc(-c4ccccc4)cc3)c3ccc(-c4ccccc4)cc3)cc21. The third-order valence-electron chi connectivity index (χ3n) is 15.7. The summed E-state index contributed by atoms with van der Waals surface area (Å²) in [4.78, 5) is 2.41. The molecule has 324 valence electrons. The molecule has 0 radical (unpaired) electrons. The van der Waals surface area contributed by atoms with Crippen molar-refractivity contribution in [3.8, 4) is 66.8 Å². The number of nitrogens with zero attached hydrogens (tertiary/aromatic N) is 1. The number of hydrogen-bond acceptors (Lipinski definition) is 1. The summed E-state index contributed by atoms with van der Waals surface area (Å²) < 4.78 is 0. The highest BCUT2D eigenvalue weighted by Crippen LogP contribution is 2.64. The largest absolute Gasteiger partial charge is 0.310 e. The van der Waals surface area contributed by atoms with Gasteiger partial charge in [-0.3, -0.25) is 0 Å². The van der Waals surface area contributed by atoms with Crippen molar-refractivity contribution >= 4 is 27.8 Å². The number of fused-ring (bicyclic) bond motifs is 15. The van der Waals surface area contributed by atoms with E-state index in [9.17, 15) is 0 Å². The Morgan fingerprint density at radius 1 is 0.275 bits per heavy atom. The number of benzene rings is 11. The minimum Gasteiger partial charge on any atom is -0.310 e. The van der Waals surface area contributed by atoms with Crippen LogP contribution < -0.4 is 4.90 Å². The summed E-state index contributed by atoms with van der Waals surface area (Å²) in [5, 5.41) is 2.58. The standard InChI is InChI=1S/C68H47N/c1-67(2)64-42-49(48-29-37-54-50(41-48)31-39-60-57-21-11-14-24-63(57)68(66(54)60)61-22-12-9-19-55(61)56-20-10-13-23-62(56)68)30-38-58(64)59-40-36-53(43-65(59)67)69(51-32-25-46(26-33-51)44-15-5-3-6-16-44)52-34-27-47(28-35-52)45-17-7-4-8-18-45/h3-43H,1-2H3. The van der Waals surface area contributed by atoms with Crippen molar-refractivity contribution in [2.45, 2.75) is 24.7 Å². The van der Waals surface area contributed by atoms with E-state index in [0.29, 0.717) is 0 Å². The predicted molar refractivity (Wildman–Crippen MR) is 289 cm³/mol. The smallest absolute Gasteiger partial charge is 0.0731 e.